The molecule has 6 nitrogen and oxygen atoms in total. The third kappa shape index (κ3) is 3.70. The van der Waals surface area contributed by atoms with Crippen molar-refractivity contribution in [1.29, 1.82) is 0 Å². The van der Waals surface area contributed by atoms with Crippen molar-refractivity contribution in [2.75, 3.05) is 10.6 Å². The molecule has 0 spiro atoms. The van der Waals surface area contributed by atoms with Gasteiger partial charge in [0.2, 0.25) is 11.9 Å². The Morgan fingerprint density at radius 2 is 1.60 bits per heavy atom. The predicted molar refractivity (Wildman–Crippen MR) is 113 cm³/mol. The summed E-state index contributed by atoms with van der Waals surface area (Å²) in [6.45, 7) is 0. The Kier molecular flexibility index (Phi) is 5.23. The number of hydrogen-bond acceptors (Lipinski definition) is 5. The van der Waals surface area contributed by atoms with Crippen molar-refractivity contribution in [3.63, 3.8) is 0 Å². The predicted octanol–water partition coefficient (Wildman–Crippen LogP) is 5.71. The number of nitrogens with zero attached hydrogens (tertiary/aromatic N) is 4. The van der Waals surface area contributed by atoms with E-state index in [4.69, 9.17) is 4.98 Å². The van der Waals surface area contributed by atoms with Gasteiger partial charge in [-0.3, -0.25) is 4.57 Å². The van der Waals surface area contributed by atoms with Crippen LogP contribution in [-0.4, -0.2) is 25.6 Å². The van der Waals surface area contributed by atoms with Crippen LogP contribution in [0.15, 0.2) is 24.4 Å². The lowest BCUT2D eigenvalue weighted by Crippen LogP contribution is -2.23. The average Bonchev–Trinajstić information content (AvgIpc) is 3.39. The first-order valence-electron chi connectivity index (χ1n) is 10.9. The molecule has 0 bridgehead atoms. The zero-order valence-corrected chi connectivity index (χ0v) is 16.9. The van der Waals surface area contributed by atoms with Crippen molar-refractivity contribution in [2.45, 2.75) is 69.9 Å². The van der Waals surface area contributed by atoms with E-state index in [9.17, 15) is 8.78 Å². The van der Waals surface area contributed by atoms with Crippen LogP contribution in [0, 0.1) is 11.6 Å². The van der Waals surface area contributed by atoms with E-state index in [0.717, 1.165) is 38.5 Å². The van der Waals surface area contributed by atoms with Gasteiger partial charge in [-0.05, 0) is 37.8 Å². The molecule has 0 radical (unpaired) electrons. The minimum atomic E-state index is -0.647. The standard InChI is InChI=1S/C22H26F2N6/c23-16-11-6-12-17(24)19(16)28-22-27-18-13-25-21(26-14-7-2-1-3-8-14)29-20(18)30(22)15-9-4-5-10-15/h6,11-15H,1-5,7-10H2,(H,27,28)(H,25,26,29). The SMILES string of the molecule is Fc1cccc(F)c1Nc1nc2cnc(NC3CCCCC3)nc2n1C1CCCC1. The molecule has 2 saturated carbocycles. The molecular weight excluding hydrogens is 386 g/mol. The van der Waals surface area contributed by atoms with E-state index in [0.29, 0.717) is 29.1 Å². The van der Waals surface area contributed by atoms with Gasteiger partial charge in [0.1, 0.15) is 22.8 Å². The smallest absolute Gasteiger partial charge is 0.224 e. The highest BCUT2D eigenvalue weighted by atomic mass is 19.1. The van der Waals surface area contributed by atoms with Gasteiger partial charge in [0.25, 0.3) is 0 Å². The first kappa shape index (κ1) is 19.2. The summed E-state index contributed by atoms with van der Waals surface area (Å²) in [4.78, 5) is 13.8. The molecule has 2 N–H and O–H groups in total. The molecule has 0 aliphatic heterocycles. The lowest BCUT2D eigenvalue weighted by molar-refractivity contribution is 0.461. The molecule has 0 amide bonds. The van der Waals surface area contributed by atoms with Crippen molar-refractivity contribution in [3.05, 3.63) is 36.0 Å². The van der Waals surface area contributed by atoms with Crippen LogP contribution in [0.3, 0.4) is 0 Å². The molecule has 0 saturated heterocycles. The summed E-state index contributed by atoms with van der Waals surface area (Å²) in [6.07, 6.45) is 11.9. The number of halogens is 2. The summed E-state index contributed by atoms with van der Waals surface area (Å²) < 4.78 is 30.5. The summed E-state index contributed by atoms with van der Waals surface area (Å²) >= 11 is 0. The number of hydrogen-bond donors (Lipinski definition) is 2. The fourth-order valence-electron chi connectivity index (χ4n) is 4.72. The zero-order valence-electron chi connectivity index (χ0n) is 16.9. The van der Waals surface area contributed by atoms with Crippen molar-refractivity contribution in [2.24, 2.45) is 0 Å². The Balaban J connectivity index is 1.53. The maximum Gasteiger partial charge on any atom is 0.224 e. The molecule has 8 heteroatoms. The highest BCUT2D eigenvalue weighted by Crippen LogP contribution is 2.36. The number of para-hydroxylation sites is 1. The number of anilines is 3. The van der Waals surface area contributed by atoms with Crippen LogP contribution in [0.2, 0.25) is 0 Å². The Labute approximate surface area is 174 Å². The number of aromatic nitrogens is 4. The second kappa shape index (κ2) is 8.16. The second-order valence-electron chi connectivity index (χ2n) is 8.35. The van der Waals surface area contributed by atoms with Gasteiger partial charge in [-0.15, -0.1) is 0 Å². The van der Waals surface area contributed by atoms with E-state index in [2.05, 4.69) is 20.6 Å². The minimum Gasteiger partial charge on any atom is -0.351 e. The Morgan fingerprint density at radius 1 is 0.900 bits per heavy atom. The van der Waals surface area contributed by atoms with E-state index < -0.39 is 11.6 Å². The Bertz CT molecular complexity index is 1020. The average molecular weight is 412 g/mol. The molecule has 2 fully saturated rings. The largest absolute Gasteiger partial charge is 0.351 e. The molecule has 1 aromatic carbocycles. The topological polar surface area (TPSA) is 67.7 Å². The van der Waals surface area contributed by atoms with E-state index in [1.54, 1.807) is 6.20 Å². The van der Waals surface area contributed by atoms with E-state index >= 15 is 0 Å². The monoisotopic (exact) mass is 412 g/mol. The number of rotatable bonds is 5. The summed E-state index contributed by atoms with van der Waals surface area (Å²) in [5, 5.41) is 6.35. The van der Waals surface area contributed by atoms with Crippen LogP contribution in [-0.2, 0) is 0 Å². The van der Waals surface area contributed by atoms with Crippen molar-refractivity contribution in [1.82, 2.24) is 19.5 Å². The minimum absolute atomic E-state index is 0.194. The van der Waals surface area contributed by atoms with E-state index in [1.807, 2.05) is 4.57 Å². The van der Waals surface area contributed by atoms with Gasteiger partial charge in [0, 0.05) is 12.1 Å². The van der Waals surface area contributed by atoms with E-state index in [1.165, 1.54) is 37.5 Å². The first-order chi connectivity index (χ1) is 14.7. The summed E-state index contributed by atoms with van der Waals surface area (Å²) in [6, 6.07) is 4.42. The highest BCUT2D eigenvalue weighted by Gasteiger charge is 2.25. The van der Waals surface area contributed by atoms with Gasteiger partial charge in [0.05, 0.1) is 6.20 Å². The van der Waals surface area contributed by atoms with E-state index in [-0.39, 0.29) is 11.7 Å². The lowest BCUT2D eigenvalue weighted by atomic mass is 9.96. The molecule has 2 heterocycles. The molecule has 3 aromatic rings. The molecule has 2 aliphatic rings. The van der Waals surface area contributed by atoms with Gasteiger partial charge in [0.15, 0.2) is 5.65 Å². The van der Waals surface area contributed by atoms with Crippen LogP contribution < -0.4 is 10.6 Å². The number of nitrogens with one attached hydrogen (secondary N) is 2. The lowest BCUT2D eigenvalue weighted by Gasteiger charge is -2.22. The van der Waals surface area contributed by atoms with Crippen LogP contribution >= 0.6 is 0 Å². The maximum absolute atomic E-state index is 14.2. The summed E-state index contributed by atoms with van der Waals surface area (Å²) in [5.41, 5.74) is 1.13. The van der Waals surface area contributed by atoms with Gasteiger partial charge in [-0.1, -0.05) is 38.2 Å². The van der Waals surface area contributed by atoms with Crippen LogP contribution in [0.5, 0.6) is 0 Å². The Hall–Kier alpha value is -2.77. The molecule has 0 atom stereocenters. The summed E-state index contributed by atoms with van der Waals surface area (Å²) in [5.74, 6) is -0.293. The molecule has 2 aromatic heterocycles. The summed E-state index contributed by atoms with van der Waals surface area (Å²) in [7, 11) is 0. The van der Waals surface area contributed by atoms with Crippen LogP contribution in [0.25, 0.3) is 11.2 Å². The molecule has 30 heavy (non-hydrogen) atoms. The van der Waals surface area contributed by atoms with Gasteiger partial charge < -0.3 is 10.6 Å². The fraction of sp³-hybridized carbons (Fsp3) is 0.500. The van der Waals surface area contributed by atoms with Gasteiger partial charge in [-0.25, -0.2) is 18.7 Å². The normalized spacial score (nSPS) is 18.2. The first-order valence-corrected chi connectivity index (χ1v) is 10.9. The molecular formula is C22H26F2N6. The van der Waals surface area contributed by atoms with Crippen molar-refractivity contribution < 1.29 is 8.78 Å². The Morgan fingerprint density at radius 3 is 2.33 bits per heavy atom. The van der Waals surface area contributed by atoms with Gasteiger partial charge in [-0.2, -0.15) is 4.98 Å². The number of fused-ring (bicyclic) bond motifs is 1. The molecule has 158 valence electrons. The molecule has 0 unspecified atom stereocenters. The number of imidazole rings is 1. The second-order valence-corrected chi connectivity index (χ2v) is 8.35. The van der Waals surface area contributed by atoms with Crippen molar-refractivity contribution in [3.8, 4) is 0 Å². The molecule has 5 rings (SSSR count). The fourth-order valence-corrected chi connectivity index (χ4v) is 4.72. The van der Waals surface area contributed by atoms with Crippen LogP contribution in [0.1, 0.15) is 63.8 Å². The van der Waals surface area contributed by atoms with Crippen molar-refractivity contribution >= 4 is 28.7 Å². The third-order valence-electron chi connectivity index (χ3n) is 6.26. The highest BCUT2D eigenvalue weighted by molar-refractivity contribution is 5.76. The number of benzene rings is 1. The maximum atomic E-state index is 14.2. The third-order valence-corrected chi connectivity index (χ3v) is 6.26. The van der Waals surface area contributed by atoms with Gasteiger partial charge >= 0.3 is 0 Å². The van der Waals surface area contributed by atoms with Crippen LogP contribution in [0.4, 0.5) is 26.4 Å². The zero-order chi connectivity index (χ0) is 20.5. The molecule has 2 aliphatic carbocycles. The quantitative estimate of drug-likeness (QED) is 0.562.